The lowest BCUT2D eigenvalue weighted by atomic mass is 9.90. The van der Waals surface area contributed by atoms with Gasteiger partial charge in [0.25, 0.3) is 0 Å². The van der Waals surface area contributed by atoms with E-state index in [4.69, 9.17) is 0 Å². The monoisotopic (exact) mass is 296 g/mol. The van der Waals surface area contributed by atoms with Crippen LogP contribution in [0.5, 0.6) is 0 Å². The molecule has 0 bridgehead atoms. The number of hydrogen-bond acceptors (Lipinski definition) is 3. The minimum Gasteiger partial charge on any atom is -0.481 e. The molecule has 5 nitrogen and oxygen atoms in total. The van der Waals surface area contributed by atoms with E-state index < -0.39 is 11.9 Å². The molecule has 2 aliphatic rings. The number of carbonyl (C=O) groups is 2. The highest BCUT2D eigenvalue weighted by atomic mass is 16.4. The molecule has 1 saturated heterocycles. The van der Waals surface area contributed by atoms with E-state index in [1.807, 2.05) is 6.92 Å². The molecule has 0 spiro atoms. The Labute approximate surface area is 127 Å². The summed E-state index contributed by atoms with van der Waals surface area (Å²) in [6.45, 7) is 3.02. The van der Waals surface area contributed by atoms with Gasteiger partial charge in [0, 0.05) is 31.6 Å². The van der Waals surface area contributed by atoms with Crippen LogP contribution in [0.2, 0.25) is 0 Å². The van der Waals surface area contributed by atoms with Gasteiger partial charge in [0.1, 0.15) is 0 Å². The summed E-state index contributed by atoms with van der Waals surface area (Å²) >= 11 is 0. The first-order chi connectivity index (χ1) is 10.1. The van der Waals surface area contributed by atoms with Crippen molar-refractivity contribution in [2.75, 3.05) is 13.1 Å². The lowest BCUT2D eigenvalue weighted by Crippen LogP contribution is -2.55. The first-order valence-corrected chi connectivity index (χ1v) is 8.36. The zero-order valence-electron chi connectivity index (χ0n) is 13.0. The fourth-order valence-corrected chi connectivity index (χ4v) is 3.58. The van der Waals surface area contributed by atoms with Crippen molar-refractivity contribution in [1.82, 2.24) is 10.2 Å². The van der Waals surface area contributed by atoms with Crippen molar-refractivity contribution in [2.45, 2.75) is 70.4 Å². The van der Waals surface area contributed by atoms with Crippen molar-refractivity contribution in [3.63, 3.8) is 0 Å². The number of nitrogens with one attached hydrogen (secondary N) is 1. The van der Waals surface area contributed by atoms with Gasteiger partial charge in [0.2, 0.25) is 5.91 Å². The summed E-state index contributed by atoms with van der Waals surface area (Å²) < 4.78 is 0. The average Bonchev–Trinajstić information content (AvgIpc) is 2.48. The second-order valence-electron chi connectivity index (χ2n) is 6.52. The molecule has 2 N–H and O–H groups in total. The standard InChI is InChI=1S/C16H28N2O3/c1-2-6-15(19)18-10-12(16(20)21)9-14(11-18)17-13-7-4-3-5-8-13/h12-14,17H,2-11H2,1H3,(H,20,21). The van der Waals surface area contributed by atoms with Crippen LogP contribution in [0.3, 0.4) is 0 Å². The zero-order valence-corrected chi connectivity index (χ0v) is 13.0. The molecular formula is C16H28N2O3. The minimum absolute atomic E-state index is 0.0962. The Morgan fingerprint density at radius 2 is 1.86 bits per heavy atom. The summed E-state index contributed by atoms with van der Waals surface area (Å²) in [5.41, 5.74) is 0. The molecule has 1 amide bonds. The molecule has 120 valence electrons. The smallest absolute Gasteiger partial charge is 0.308 e. The van der Waals surface area contributed by atoms with Crippen LogP contribution < -0.4 is 5.32 Å². The largest absolute Gasteiger partial charge is 0.481 e. The molecule has 2 atom stereocenters. The van der Waals surface area contributed by atoms with Crippen LogP contribution in [0.1, 0.15) is 58.3 Å². The maximum absolute atomic E-state index is 12.1. The van der Waals surface area contributed by atoms with Crippen molar-refractivity contribution in [2.24, 2.45) is 5.92 Å². The van der Waals surface area contributed by atoms with Crippen LogP contribution in [-0.2, 0) is 9.59 Å². The third kappa shape index (κ3) is 4.70. The molecule has 1 aliphatic carbocycles. The average molecular weight is 296 g/mol. The van der Waals surface area contributed by atoms with Gasteiger partial charge >= 0.3 is 5.97 Å². The molecule has 21 heavy (non-hydrogen) atoms. The summed E-state index contributed by atoms with van der Waals surface area (Å²) in [4.78, 5) is 25.2. The Morgan fingerprint density at radius 3 is 2.48 bits per heavy atom. The van der Waals surface area contributed by atoms with Crippen LogP contribution in [-0.4, -0.2) is 47.1 Å². The number of piperidine rings is 1. The van der Waals surface area contributed by atoms with Gasteiger partial charge in [-0.25, -0.2) is 0 Å². The Bertz CT molecular complexity index is 367. The van der Waals surface area contributed by atoms with E-state index in [9.17, 15) is 14.7 Å². The highest BCUT2D eigenvalue weighted by Gasteiger charge is 2.34. The summed E-state index contributed by atoms with van der Waals surface area (Å²) in [6, 6.07) is 0.628. The second kappa shape index (κ2) is 7.78. The molecule has 1 saturated carbocycles. The van der Waals surface area contributed by atoms with Gasteiger partial charge in [-0.3, -0.25) is 9.59 Å². The van der Waals surface area contributed by atoms with Gasteiger partial charge in [-0.2, -0.15) is 0 Å². The summed E-state index contributed by atoms with van der Waals surface area (Å²) in [5.74, 6) is -1.11. The summed E-state index contributed by atoms with van der Waals surface area (Å²) in [7, 11) is 0. The molecular weight excluding hydrogens is 268 g/mol. The normalized spacial score (nSPS) is 27.6. The molecule has 5 heteroatoms. The Morgan fingerprint density at radius 1 is 1.14 bits per heavy atom. The number of carboxylic acids is 1. The van der Waals surface area contributed by atoms with Crippen LogP contribution in [0, 0.1) is 5.92 Å². The minimum atomic E-state index is -0.778. The quantitative estimate of drug-likeness (QED) is 0.814. The third-order valence-corrected chi connectivity index (χ3v) is 4.69. The number of amides is 1. The molecule has 1 heterocycles. The molecule has 2 fully saturated rings. The van der Waals surface area contributed by atoms with Crippen LogP contribution >= 0.6 is 0 Å². The second-order valence-corrected chi connectivity index (χ2v) is 6.52. The maximum atomic E-state index is 12.1. The van der Waals surface area contributed by atoms with Gasteiger partial charge in [0.05, 0.1) is 5.92 Å². The van der Waals surface area contributed by atoms with E-state index in [-0.39, 0.29) is 11.9 Å². The molecule has 2 rings (SSSR count). The number of likely N-dealkylation sites (tertiary alicyclic amines) is 1. The lowest BCUT2D eigenvalue weighted by Gasteiger charge is -2.39. The van der Waals surface area contributed by atoms with E-state index >= 15 is 0 Å². The van der Waals surface area contributed by atoms with Gasteiger partial charge in [-0.1, -0.05) is 26.2 Å². The molecule has 0 aromatic carbocycles. The van der Waals surface area contributed by atoms with Crippen LogP contribution in [0.4, 0.5) is 0 Å². The van der Waals surface area contributed by atoms with Crippen molar-refractivity contribution in [1.29, 1.82) is 0 Å². The van der Waals surface area contributed by atoms with Crippen molar-refractivity contribution in [3.8, 4) is 0 Å². The summed E-state index contributed by atoms with van der Waals surface area (Å²) in [6.07, 6.45) is 8.14. The van der Waals surface area contributed by atoms with Crippen LogP contribution in [0.25, 0.3) is 0 Å². The maximum Gasteiger partial charge on any atom is 0.308 e. The Balaban J connectivity index is 1.95. The van der Waals surface area contributed by atoms with Crippen molar-refractivity contribution >= 4 is 11.9 Å². The van der Waals surface area contributed by atoms with Gasteiger partial charge < -0.3 is 15.3 Å². The molecule has 0 aromatic rings. The number of carbonyl (C=O) groups excluding carboxylic acids is 1. The van der Waals surface area contributed by atoms with E-state index in [1.165, 1.54) is 32.1 Å². The first-order valence-electron chi connectivity index (χ1n) is 8.36. The zero-order chi connectivity index (χ0) is 15.2. The Kier molecular flexibility index (Phi) is 6.03. The van der Waals surface area contributed by atoms with Gasteiger partial charge in [0.15, 0.2) is 0 Å². The van der Waals surface area contributed by atoms with Crippen molar-refractivity contribution in [3.05, 3.63) is 0 Å². The molecule has 0 radical (unpaired) electrons. The van der Waals surface area contributed by atoms with E-state index in [0.29, 0.717) is 32.0 Å². The van der Waals surface area contributed by atoms with E-state index in [2.05, 4.69) is 5.32 Å². The SMILES string of the molecule is CCCC(=O)N1CC(NC2CCCCC2)CC(C(=O)O)C1. The lowest BCUT2D eigenvalue weighted by molar-refractivity contribution is -0.146. The molecule has 0 aromatic heterocycles. The number of nitrogens with zero attached hydrogens (tertiary/aromatic N) is 1. The number of rotatable bonds is 5. The fraction of sp³-hybridized carbons (Fsp3) is 0.875. The highest BCUT2D eigenvalue weighted by molar-refractivity contribution is 5.78. The first kappa shape index (κ1) is 16.3. The topological polar surface area (TPSA) is 69.6 Å². The van der Waals surface area contributed by atoms with E-state index in [1.54, 1.807) is 4.90 Å². The van der Waals surface area contributed by atoms with Gasteiger partial charge in [-0.15, -0.1) is 0 Å². The summed E-state index contributed by atoms with van der Waals surface area (Å²) in [5, 5.41) is 12.9. The molecule has 2 unspecified atom stereocenters. The van der Waals surface area contributed by atoms with E-state index in [0.717, 1.165) is 6.42 Å². The fourth-order valence-electron chi connectivity index (χ4n) is 3.58. The Hall–Kier alpha value is -1.10. The van der Waals surface area contributed by atoms with Gasteiger partial charge in [-0.05, 0) is 25.7 Å². The predicted octanol–water partition coefficient (Wildman–Crippen LogP) is 2.01. The number of carboxylic acid groups (broad SMARTS) is 1. The number of aliphatic carboxylic acids is 1. The molecule has 1 aliphatic heterocycles. The predicted molar refractivity (Wildman–Crippen MR) is 81.0 cm³/mol. The van der Waals surface area contributed by atoms with Crippen molar-refractivity contribution < 1.29 is 14.7 Å². The van der Waals surface area contributed by atoms with Crippen LogP contribution in [0.15, 0.2) is 0 Å². The number of hydrogen-bond donors (Lipinski definition) is 2. The highest BCUT2D eigenvalue weighted by Crippen LogP contribution is 2.22. The third-order valence-electron chi connectivity index (χ3n) is 4.69.